The van der Waals surface area contributed by atoms with Crippen molar-refractivity contribution in [1.82, 2.24) is 35.1 Å². The molecule has 9 heteroatoms. The zero-order chi connectivity index (χ0) is 20.3. The molecule has 0 unspecified atom stereocenters. The van der Waals surface area contributed by atoms with Crippen LogP contribution in [0.3, 0.4) is 0 Å². The van der Waals surface area contributed by atoms with Crippen LogP contribution >= 0.6 is 0 Å². The number of likely N-dealkylation sites (tertiary alicyclic amines) is 1. The Hall–Kier alpha value is -2.55. The van der Waals surface area contributed by atoms with Crippen LogP contribution in [0.15, 0.2) is 6.33 Å². The Kier molecular flexibility index (Phi) is 6.23. The average Bonchev–Trinajstić information content (AvgIpc) is 3.27. The van der Waals surface area contributed by atoms with E-state index in [-0.39, 0.29) is 23.9 Å². The van der Waals surface area contributed by atoms with Gasteiger partial charge in [-0.2, -0.15) is 10.1 Å². The molecule has 0 bridgehead atoms. The van der Waals surface area contributed by atoms with E-state index in [4.69, 9.17) is 0 Å². The monoisotopic (exact) mass is 387 g/mol. The third kappa shape index (κ3) is 4.30. The van der Waals surface area contributed by atoms with Crippen molar-refractivity contribution < 1.29 is 9.59 Å². The van der Waals surface area contributed by atoms with Crippen molar-refractivity contribution in [3.63, 3.8) is 0 Å². The summed E-state index contributed by atoms with van der Waals surface area (Å²) in [5.74, 6) is 0.671. The molecule has 3 rings (SSSR count). The van der Waals surface area contributed by atoms with Crippen LogP contribution in [0.5, 0.6) is 0 Å². The molecule has 0 radical (unpaired) electrons. The van der Waals surface area contributed by atoms with E-state index in [1.807, 2.05) is 20.9 Å². The SMILES string of the molecule is CNC(=O)C[C@H]1CC[C@@H](CNC(=O)CCc2c(C)nc3ncnn3c2C)N1C. The fourth-order valence-corrected chi connectivity index (χ4v) is 3.97. The molecule has 152 valence electrons. The molecule has 2 aromatic heterocycles. The van der Waals surface area contributed by atoms with Gasteiger partial charge in [-0.3, -0.25) is 14.5 Å². The number of aryl methyl sites for hydroxylation is 2. The highest BCUT2D eigenvalue weighted by molar-refractivity contribution is 5.76. The van der Waals surface area contributed by atoms with Gasteiger partial charge < -0.3 is 10.6 Å². The number of amides is 2. The maximum absolute atomic E-state index is 12.4. The quantitative estimate of drug-likeness (QED) is 0.712. The first-order valence-corrected chi connectivity index (χ1v) is 9.75. The molecule has 0 spiro atoms. The largest absolute Gasteiger partial charge is 0.359 e. The Bertz CT molecular complexity index is 863. The zero-order valence-electron chi connectivity index (χ0n) is 17.0. The summed E-state index contributed by atoms with van der Waals surface area (Å²) in [7, 11) is 3.69. The van der Waals surface area contributed by atoms with Crippen molar-refractivity contribution in [2.45, 2.75) is 58.0 Å². The summed E-state index contributed by atoms with van der Waals surface area (Å²) in [5, 5.41) is 9.91. The van der Waals surface area contributed by atoms with Crippen LogP contribution in [0.25, 0.3) is 5.78 Å². The van der Waals surface area contributed by atoms with Crippen LogP contribution in [0.2, 0.25) is 0 Å². The molecule has 1 aliphatic rings. The number of nitrogens with zero attached hydrogens (tertiary/aromatic N) is 5. The molecular formula is C19H29N7O2. The molecule has 3 heterocycles. The maximum Gasteiger partial charge on any atom is 0.252 e. The van der Waals surface area contributed by atoms with E-state index < -0.39 is 0 Å². The normalized spacial score (nSPS) is 19.9. The molecule has 2 N–H and O–H groups in total. The lowest BCUT2D eigenvalue weighted by molar-refractivity contribution is -0.122. The van der Waals surface area contributed by atoms with E-state index in [0.717, 1.165) is 29.8 Å². The van der Waals surface area contributed by atoms with Crippen molar-refractivity contribution in [1.29, 1.82) is 0 Å². The molecule has 0 saturated carbocycles. The minimum absolute atomic E-state index is 0.0284. The van der Waals surface area contributed by atoms with Crippen molar-refractivity contribution in [2.75, 3.05) is 20.6 Å². The summed E-state index contributed by atoms with van der Waals surface area (Å²) in [4.78, 5) is 34.8. The lowest BCUT2D eigenvalue weighted by atomic mass is 10.1. The number of carbonyl (C=O) groups excluding carboxylic acids is 2. The first-order chi connectivity index (χ1) is 13.4. The zero-order valence-corrected chi connectivity index (χ0v) is 17.0. The van der Waals surface area contributed by atoms with E-state index in [0.29, 0.717) is 31.6 Å². The second-order valence-corrected chi connectivity index (χ2v) is 7.46. The average molecular weight is 387 g/mol. The minimum Gasteiger partial charge on any atom is -0.359 e. The van der Waals surface area contributed by atoms with Gasteiger partial charge in [0.1, 0.15) is 6.33 Å². The van der Waals surface area contributed by atoms with Gasteiger partial charge in [0.25, 0.3) is 5.78 Å². The molecule has 2 atom stereocenters. The second kappa shape index (κ2) is 8.64. The maximum atomic E-state index is 12.4. The Balaban J connectivity index is 1.50. The number of hydrogen-bond acceptors (Lipinski definition) is 6. The van der Waals surface area contributed by atoms with E-state index >= 15 is 0 Å². The number of aromatic nitrogens is 4. The van der Waals surface area contributed by atoms with Crippen molar-refractivity contribution >= 4 is 17.6 Å². The first-order valence-electron chi connectivity index (χ1n) is 9.75. The molecule has 1 aliphatic heterocycles. The summed E-state index contributed by atoms with van der Waals surface area (Å²) in [6, 6.07) is 0.517. The molecule has 0 aliphatic carbocycles. The van der Waals surface area contributed by atoms with Crippen LogP contribution < -0.4 is 10.6 Å². The van der Waals surface area contributed by atoms with Crippen LogP contribution in [0.4, 0.5) is 0 Å². The Morgan fingerprint density at radius 3 is 2.71 bits per heavy atom. The Morgan fingerprint density at radius 1 is 1.21 bits per heavy atom. The van der Waals surface area contributed by atoms with Crippen molar-refractivity contribution in [3.05, 3.63) is 23.3 Å². The molecule has 1 saturated heterocycles. The van der Waals surface area contributed by atoms with Gasteiger partial charge in [-0.15, -0.1) is 0 Å². The van der Waals surface area contributed by atoms with Crippen LogP contribution in [-0.2, 0) is 16.0 Å². The summed E-state index contributed by atoms with van der Waals surface area (Å²) < 4.78 is 1.71. The van der Waals surface area contributed by atoms with Crippen LogP contribution in [-0.4, -0.2) is 69.0 Å². The van der Waals surface area contributed by atoms with Crippen molar-refractivity contribution in [3.8, 4) is 0 Å². The van der Waals surface area contributed by atoms with Gasteiger partial charge in [0.15, 0.2) is 0 Å². The van der Waals surface area contributed by atoms with E-state index in [9.17, 15) is 9.59 Å². The molecule has 28 heavy (non-hydrogen) atoms. The molecule has 2 amide bonds. The minimum atomic E-state index is 0.0284. The third-order valence-electron chi connectivity index (χ3n) is 5.81. The van der Waals surface area contributed by atoms with Crippen molar-refractivity contribution in [2.24, 2.45) is 0 Å². The smallest absolute Gasteiger partial charge is 0.252 e. The van der Waals surface area contributed by atoms with E-state index in [1.54, 1.807) is 11.6 Å². The molecule has 1 fully saturated rings. The summed E-state index contributed by atoms with van der Waals surface area (Å²) in [5.41, 5.74) is 2.90. The standard InChI is InChI=1S/C19H29N7O2/c1-12-16(13(2)26-19(24-12)22-11-23-26)7-8-17(27)21-10-15-6-5-14(25(15)4)9-18(28)20-3/h11,14-15H,5-10H2,1-4H3,(H,20,28)(H,21,27)/t14-,15+/m1/s1. The van der Waals surface area contributed by atoms with E-state index in [1.165, 1.54) is 6.33 Å². The lowest BCUT2D eigenvalue weighted by Gasteiger charge is -2.25. The first kappa shape index (κ1) is 20.2. The predicted octanol–water partition coefficient (Wildman–Crippen LogP) is 0.389. The second-order valence-electron chi connectivity index (χ2n) is 7.46. The van der Waals surface area contributed by atoms with Gasteiger partial charge in [-0.25, -0.2) is 9.50 Å². The van der Waals surface area contributed by atoms with Crippen LogP contribution in [0, 0.1) is 13.8 Å². The molecule has 0 aromatic carbocycles. The van der Waals surface area contributed by atoms with Gasteiger partial charge in [0.05, 0.1) is 0 Å². The molecule has 2 aromatic rings. The third-order valence-corrected chi connectivity index (χ3v) is 5.81. The number of carbonyl (C=O) groups is 2. The molecular weight excluding hydrogens is 358 g/mol. The Labute approximate surface area is 164 Å². The summed E-state index contributed by atoms with van der Waals surface area (Å²) in [6.45, 7) is 4.52. The van der Waals surface area contributed by atoms with Crippen LogP contribution in [0.1, 0.15) is 42.6 Å². The highest BCUT2D eigenvalue weighted by Gasteiger charge is 2.31. The van der Waals surface area contributed by atoms with Gasteiger partial charge in [-0.1, -0.05) is 0 Å². The number of fused-ring (bicyclic) bond motifs is 1. The number of rotatable bonds is 7. The summed E-state index contributed by atoms with van der Waals surface area (Å²) in [6.07, 6.45) is 4.98. The summed E-state index contributed by atoms with van der Waals surface area (Å²) >= 11 is 0. The van der Waals surface area contributed by atoms with E-state index in [2.05, 4.69) is 30.6 Å². The highest BCUT2D eigenvalue weighted by atomic mass is 16.2. The van der Waals surface area contributed by atoms with Gasteiger partial charge >= 0.3 is 0 Å². The van der Waals surface area contributed by atoms with Gasteiger partial charge in [-0.05, 0) is 45.7 Å². The number of nitrogens with one attached hydrogen (secondary N) is 2. The van der Waals surface area contributed by atoms with Gasteiger partial charge in [0.2, 0.25) is 11.8 Å². The lowest BCUT2D eigenvalue weighted by Crippen LogP contribution is -2.42. The van der Waals surface area contributed by atoms with Gasteiger partial charge in [0, 0.05) is 49.9 Å². The fourth-order valence-electron chi connectivity index (χ4n) is 3.97. The number of likely N-dealkylation sites (N-methyl/N-ethyl adjacent to an activating group) is 1. The molecule has 9 nitrogen and oxygen atoms in total. The fraction of sp³-hybridized carbons (Fsp3) is 0.632. The Morgan fingerprint density at radius 2 is 1.96 bits per heavy atom. The number of hydrogen-bond donors (Lipinski definition) is 2. The topological polar surface area (TPSA) is 105 Å². The predicted molar refractivity (Wildman–Crippen MR) is 105 cm³/mol. The highest BCUT2D eigenvalue weighted by Crippen LogP contribution is 2.24.